The van der Waals surface area contributed by atoms with E-state index in [9.17, 15) is 4.79 Å². The van der Waals surface area contributed by atoms with Crippen molar-refractivity contribution in [3.63, 3.8) is 0 Å². The number of para-hydroxylation sites is 2. The van der Waals surface area contributed by atoms with Gasteiger partial charge in [0.25, 0.3) is 0 Å². The first-order valence-electron chi connectivity index (χ1n) is 10.6. The van der Waals surface area contributed by atoms with E-state index in [0.29, 0.717) is 11.0 Å². The molecule has 8 heteroatoms. The second-order valence-electron chi connectivity index (χ2n) is 7.83. The van der Waals surface area contributed by atoms with Crippen LogP contribution < -0.4 is 10.2 Å². The largest absolute Gasteiger partial charge is 0.330 e. The Morgan fingerprint density at radius 2 is 1.58 bits per heavy atom. The summed E-state index contributed by atoms with van der Waals surface area (Å²) in [7, 11) is 0. The van der Waals surface area contributed by atoms with Gasteiger partial charge in [0.1, 0.15) is 0 Å². The lowest BCUT2D eigenvalue weighted by Crippen LogP contribution is -2.29. The van der Waals surface area contributed by atoms with Crippen LogP contribution >= 0.6 is 34.9 Å². The molecule has 1 N–H and O–H groups in total. The SMILES string of the molecule is CC(C)c1ccc(Nc2nnc(SCC(=O)N3c4ccccc4Sc4ccccc43)s2)cc1. The van der Waals surface area contributed by atoms with Crippen molar-refractivity contribution in [3.8, 4) is 0 Å². The van der Waals surface area contributed by atoms with Gasteiger partial charge in [0.2, 0.25) is 11.0 Å². The highest BCUT2D eigenvalue weighted by atomic mass is 32.2. The number of hydrogen-bond acceptors (Lipinski definition) is 7. The van der Waals surface area contributed by atoms with Gasteiger partial charge in [-0.15, -0.1) is 10.2 Å². The second-order valence-corrected chi connectivity index (χ2v) is 11.1. The zero-order valence-electron chi connectivity index (χ0n) is 18.2. The molecular formula is C25H22N4OS3. The van der Waals surface area contributed by atoms with Gasteiger partial charge in [-0.3, -0.25) is 9.69 Å². The van der Waals surface area contributed by atoms with Crippen LogP contribution in [0.4, 0.5) is 22.2 Å². The average Bonchev–Trinajstić information content (AvgIpc) is 3.28. The summed E-state index contributed by atoms with van der Waals surface area (Å²) in [5.74, 6) is 0.804. The molecule has 0 aliphatic carbocycles. The third-order valence-electron chi connectivity index (χ3n) is 5.24. The predicted molar refractivity (Wildman–Crippen MR) is 139 cm³/mol. The van der Waals surface area contributed by atoms with Crippen LogP contribution in [0.1, 0.15) is 25.3 Å². The number of aromatic nitrogens is 2. The highest BCUT2D eigenvalue weighted by Gasteiger charge is 2.28. The van der Waals surface area contributed by atoms with E-state index < -0.39 is 0 Å². The minimum Gasteiger partial charge on any atom is -0.330 e. The van der Waals surface area contributed by atoms with E-state index in [1.54, 1.807) is 11.8 Å². The van der Waals surface area contributed by atoms with E-state index in [4.69, 9.17) is 0 Å². The number of carbonyl (C=O) groups is 1. The molecule has 0 unspecified atom stereocenters. The molecule has 1 amide bonds. The van der Waals surface area contributed by atoms with E-state index in [1.165, 1.54) is 28.7 Å². The van der Waals surface area contributed by atoms with Crippen molar-refractivity contribution >= 4 is 63.0 Å². The summed E-state index contributed by atoms with van der Waals surface area (Å²) in [6, 6.07) is 24.4. The van der Waals surface area contributed by atoms with Gasteiger partial charge in [0.15, 0.2) is 4.34 Å². The molecule has 5 rings (SSSR count). The highest BCUT2D eigenvalue weighted by Crippen LogP contribution is 2.48. The Kier molecular flexibility index (Phi) is 6.39. The molecule has 0 fully saturated rings. The van der Waals surface area contributed by atoms with Gasteiger partial charge in [0.05, 0.1) is 17.1 Å². The van der Waals surface area contributed by atoms with Gasteiger partial charge in [-0.2, -0.15) is 0 Å². The first-order chi connectivity index (χ1) is 16.1. The van der Waals surface area contributed by atoms with Crippen molar-refractivity contribution in [2.75, 3.05) is 16.0 Å². The fourth-order valence-electron chi connectivity index (χ4n) is 3.55. The molecule has 0 saturated carbocycles. The minimum atomic E-state index is 0.0224. The quantitative estimate of drug-likeness (QED) is 0.286. The Labute approximate surface area is 205 Å². The molecule has 2 heterocycles. The van der Waals surface area contributed by atoms with Crippen LogP contribution in [0, 0.1) is 0 Å². The molecule has 1 aliphatic rings. The molecule has 166 valence electrons. The zero-order valence-corrected chi connectivity index (χ0v) is 20.6. The number of nitrogens with one attached hydrogen (secondary N) is 1. The number of nitrogens with zero attached hydrogens (tertiary/aromatic N) is 3. The Morgan fingerprint density at radius 3 is 2.21 bits per heavy atom. The first kappa shape index (κ1) is 22.0. The van der Waals surface area contributed by atoms with Crippen molar-refractivity contribution in [1.29, 1.82) is 0 Å². The molecule has 3 aromatic carbocycles. The Hall–Kier alpha value is -2.81. The Balaban J connectivity index is 1.27. The third kappa shape index (κ3) is 4.78. The van der Waals surface area contributed by atoms with Crippen LogP contribution in [-0.4, -0.2) is 21.9 Å². The number of amides is 1. The lowest BCUT2D eigenvalue weighted by molar-refractivity contribution is -0.115. The van der Waals surface area contributed by atoms with E-state index >= 15 is 0 Å². The molecule has 33 heavy (non-hydrogen) atoms. The van der Waals surface area contributed by atoms with E-state index in [0.717, 1.165) is 31.2 Å². The minimum absolute atomic E-state index is 0.0224. The summed E-state index contributed by atoms with van der Waals surface area (Å²) >= 11 is 4.56. The molecule has 0 spiro atoms. The van der Waals surface area contributed by atoms with Gasteiger partial charge in [-0.05, 0) is 47.9 Å². The number of fused-ring (bicyclic) bond motifs is 2. The van der Waals surface area contributed by atoms with Gasteiger partial charge in [0, 0.05) is 15.5 Å². The van der Waals surface area contributed by atoms with Gasteiger partial charge in [-0.25, -0.2) is 0 Å². The van der Waals surface area contributed by atoms with Crippen LogP contribution in [0.25, 0.3) is 0 Å². The normalized spacial score (nSPS) is 12.4. The molecule has 5 nitrogen and oxygen atoms in total. The Morgan fingerprint density at radius 1 is 0.939 bits per heavy atom. The van der Waals surface area contributed by atoms with E-state index in [2.05, 4.69) is 65.8 Å². The number of rotatable bonds is 6. The first-order valence-corrected chi connectivity index (χ1v) is 13.2. The maximum atomic E-state index is 13.3. The average molecular weight is 491 g/mol. The fourth-order valence-corrected chi connectivity index (χ4v) is 6.23. The van der Waals surface area contributed by atoms with Crippen LogP contribution in [-0.2, 0) is 4.79 Å². The number of carbonyl (C=O) groups excluding carboxylic acids is 1. The standard InChI is InChI=1S/C25H22N4OS3/c1-16(2)17-11-13-18(14-12-17)26-24-27-28-25(33-24)31-15-23(30)29-19-7-3-5-9-21(19)32-22-10-6-4-8-20(22)29/h3-14,16H,15H2,1-2H3,(H,26,27). The van der Waals surface area contributed by atoms with Crippen molar-refractivity contribution in [3.05, 3.63) is 78.4 Å². The topological polar surface area (TPSA) is 58.1 Å². The predicted octanol–water partition coefficient (Wildman–Crippen LogP) is 7.33. The van der Waals surface area contributed by atoms with Crippen molar-refractivity contribution < 1.29 is 4.79 Å². The smallest absolute Gasteiger partial charge is 0.242 e. The summed E-state index contributed by atoms with van der Waals surface area (Å²) in [4.78, 5) is 17.3. The van der Waals surface area contributed by atoms with Crippen molar-refractivity contribution in [2.24, 2.45) is 0 Å². The summed E-state index contributed by atoms with van der Waals surface area (Å²) in [6.45, 7) is 4.36. The fraction of sp³-hybridized carbons (Fsp3) is 0.160. The van der Waals surface area contributed by atoms with E-state index in [1.807, 2.05) is 41.3 Å². The zero-order chi connectivity index (χ0) is 22.8. The summed E-state index contributed by atoms with van der Waals surface area (Å²) < 4.78 is 0.762. The van der Waals surface area contributed by atoms with Crippen molar-refractivity contribution in [1.82, 2.24) is 10.2 Å². The monoisotopic (exact) mass is 490 g/mol. The number of thioether (sulfide) groups is 1. The Bertz CT molecular complexity index is 1240. The molecule has 0 saturated heterocycles. The molecule has 0 bridgehead atoms. The summed E-state index contributed by atoms with van der Waals surface area (Å²) in [6.07, 6.45) is 0. The molecule has 4 aromatic rings. The highest BCUT2D eigenvalue weighted by molar-refractivity contribution is 8.01. The molecular weight excluding hydrogens is 469 g/mol. The van der Waals surface area contributed by atoms with Gasteiger partial charge >= 0.3 is 0 Å². The maximum absolute atomic E-state index is 13.3. The molecule has 1 aliphatic heterocycles. The van der Waals surface area contributed by atoms with Crippen LogP contribution in [0.5, 0.6) is 0 Å². The number of anilines is 4. The molecule has 0 radical (unpaired) electrons. The van der Waals surface area contributed by atoms with Crippen LogP contribution in [0.15, 0.2) is 86.9 Å². The van der Waals surface area contributed by atoms with Gasteiger partial charge in [-0.1, -0.05) is 85.1 Å². The van der Waals surface area contributed by atoms with Crippen LogP contribution in [0.2, 0.25) is 0 Å². The van der Waals surface area contributed by atoms with Crippen molar-refractivity contribution in [2.45, 2.75) is 33.9 Å². The third-order valence-corrected chi connectivity index (χ3v) is 8.32. The number of benzene rings is 3. The van der Waals surface area contributed by atoms with Crippen LogP contribution in [0.3, 0.4) is 0 Å². The van der Waals surface area contributed by atoms with Gasteiger partial charge < -0.3 is 5.32 Å². The summed E-state index contributed by atoms with van der Waals surface area (Å²) in [5.41, 5.74) is 4.13. The number of hydrogen-bond donors (Lipinski definition) is 1. The van der Waals surface area contributed by atoms with E-state index in [-0.39, 0.29) is 11.7 Å². The maximum Gasteiger partial charge on any atom is 0.242 e. The lowest BCUT2D eigenvalue weighted by atomic mass is 10.0. The second kappa shape index (κ2) is 9.59. The molecule has 0 atom stereocenters. The molecule has 1 aromatic heterocycles. The summed E-state index contributed by atoms with van der Waals surface area (Å²) in [5, 5.41) is 12.5. The lowest BCUT2D eigenvalue weighted by Gasteiger charge is -2.30.